The van der Waals surface area contributed by atoms with Gasteiger partial charge in [0.1, 0.15) is 0 Å². The Labute approximate surface area is 174 Å². The van der Waals surface area contributed by atoms with Crippen LogP contribution in [-0.2, 0) is 19.1 Å². The van der Waals surface area contributed by atoms with Crippen molar-refractivity contribution in [3.05, 3.63) is 54.1 Å². The van der Waals surface area contributed by atoms with Gasteiger partial charge in [-0.05, 0) is 48.9 Å². The van der Waals surface area contributed by atoms with E-state index in [1.807, 2.05) is 6.92 Å². The fraction of sp³-hybridized carbons (Fsp3) is 0.227. The minimum atomic E-state index is -0.662. The number of methoxy groups -OCH3 is 1. The Morgan fingerprint density at radius 1 is 1.00 bits per heavy atom. The summed E-state index contributed by atoms with van der Waals surface area (Å²) in [6, 6.07) is 11.9. The number of hydrogen-bond acceptors (Lipinski definition) is 6. The lowest BCUT2D eigenvalue weighted by atomic mass is 10.2. The summed E-state index contributed by atoms with van der Waals surface area (Å²) in [5.41, 5.74) is 1.73. The van der Waals surface area contributed by atoms with Crippen molar-refractivity contribution in [3.63, 3.8) is 0 Å². The summed E-state index contributed by atoms with van der Waals surface area (Å²) < 4.78 is 15.6. The van der Waals surface area contributed by atoms with Gasteiger partial charge in [0.15, 0.2) is 18.1 Å². The smallest absolute Gasteiger partial charge is 0.331 e. The molecule has 2 aromatic rings. The lowest BCUT2D eigenvalue weighted by Gasteiger charge is -2.09. The zero-order valence-corrected chi connectivity index (χ0v) is 17.1. The lowest BCUT2D eigenvalue weighted by molar-refractivity contribution is -0.142. The number of benzene rings is 2. The molecule has 0 aliphatic rings. The molecule has 2 amide bonds. The normalized spacial score (nSPS) is 10.4. The van der Waals surface area contributed by atoms with Crippen molar-refractivity contribution in [2.24, 2.45) is 0 Å². The predicted octanol–water partition coefficient (Wildman–Crippen LogP) is 3.25. The van der Waals surface area contributed by atoms with Gasteiger partial charge < -0.3 is 24.8 Å². The highest BCUT2D eigenvalue weighted by Crippen LogP contribution is 2.28. The monoisotopic (exact) mass is 412 g/mol. The van der Waals surface area contributed by atoms with Crippen LogP contribution < -0.4 is 20.1 Å². The highest BCUT2D eigenvalue weighted by atomic mass is 16.5. The maximum absolute atomic E-state index is 12.0. The molecule has 0 heterocycles. The van der Waals surface area contributed by atoms with E-state index in [-0.39, 0.29) is 5.91 Å². The van der Waals surface area contributed by atoms with Gasteiger partial charge >= 0.3 is 5.97 Å². The van der Waals surface area contributed by atoms with Crippen LogP contribution in [0.25, 0.3) is 6.08 Å². The average Bonchev–Trinajstić information content (AvgIpc) is 2.71. The number of carbonyl (C=O) groups is 3. The SMILES string of the molecule is CCOc1ccc(/C=C/C(=O)OCC(=O)Nc2cccc(NC(C)=O)c2)cc1OC. The van der Waals surface area contributed by atoms with E-state index in [4.69, 9.17) is 14.2 Å². The predicted molar refractivity (Wildman–Crippen MR) is 114 cm³/mol. The number of anilines is 2. The van der Waals surface area contributed by atoms with Gasteiger partial charge in [-0.25, -0.2) is 4.79 Å². The highest BCUT2D eigenvalue weighted by Gasteiger charge is 2.08. The Morgan fingerprint density at radius 3 is 2.40 bits per heavy atom. The zero-order chi connectivity index (χ0) is 21.9. The van der Waals surface area contributed by atoms with Gasteiger partial charge in [-0.15, -0.1) is 0 Å². The van der Waals surface area contributed by atoms with Gasteiger partial charge in [0.05, 0.1) is 13.7 Å². The van der Waals surface area contributed by atoms with Crippen molar-refractivity contribution >= 4 is 35.2 Å². The van der Waals surface area contributed by atoms with E-state index in [0.717, 1.165) is 0 Å². The number of amides is 2. The molecule has 0 aliphatic carbocycles. The Morgan fingerprint density at radius 2 is 1.73 bits per heavy atom. The fourth-order valence-electron chi connectivity index (χ4n) is 2.49. The average molecular weight is 412 g/mol. The molecule has 2 N–H and O–H groups in total. The fourth-order valence-corrected chi connectivity index (χ4v) is 2.49. The molecule has 0 atom stereocenters. The summed E-state index contributed by atoms with van der Waals surface area (Å²) in [6.07, 6.45) is 2.77. The van der Waals surface area contributed by atoms with Crippen LogP contribution in [0, 0.1) is 0 Å². The van der Waals surface area contributed by atoms with E-state index in [9.17, 15) is 14.4 Å². The maximum atomic E-state index is 12.0. The van der Waals surface area contributed by atoms with Gasteiger partial charge in [0, 0.05) is 24.4 Å². The van der Waals surface area contributed by atoms with E-state index in [0.29, 0.717) is 35.0 Å². The Hall–Kier alpha value is -3.81. The number of rotatable bonds is 9. The molecule has 0 unspecified atom stereocenters. The van der Waals surface area contributed by atoms with Crippen LogP contribution in [0.15, 0.2) is 48.5 Å². The third-order valence-corrected chi connectivity index (χ3v) is 3.71. The minimum Gasteiger partial charge on any atom is -0.493 e. The van der Waals surface area contributed by atoms with Crippen LogP contribution in [0.5, 0.6) is 11.5 Å². The Bertz CT molecular complexity index is 939. The summed E-state index contributed by atoms with van der Waals surface area (Å²) >= 11 is 0. The second kappa shape index (κ2) is 11.3. The van der Waals surface area contributed by atoms with Crippen LogP contribution in [0.2, 0.25) is 0 Å². The molecule has 8 nitrogen and oxygen atoms in total. The first-order chi connectivity index (χ1) is 14.4. The zero-order valence-electron chi connectivity index (χ0n) is 17.1. The van der Waals surface area contributed by atoms with Crippen LogP contribution in [0.4, 0.5) is 11.4 Å². The summed E-state index contributed by atoms with van der Waals surface area (Å²) in [6.45, 7) is 3.33. The molecule has 2 aromatic carbocycles. The van der Waals surface area contributed by atoms with Crippen molar-refractivity contribution in [2.75, 3.05) is 31.0 Å². The lowest BCUT2D eigenvalue weighted by Crippen LogP contribution is -2.20. The van der Waals surface area contributed by atoms with Gasteiger partial charge in [-0.3, -0.25) is 9.59 Å². The van der Waals surface area contributed by atoms with Crippen molar-refractivity contribution in [1.29, 1.82) is 0 Å². The van der Waals surface area contributed by atoms with Gasteiger partial charge in [-0.1, -0.05) is 12.1 Å². The quantitative estimate of drug-likeness (QED) is 0.484. The maximum Gasteiger partial charge on any atom is 0.331 e. The Balaban J connectivity index is 1.87. The molecule has 0 radical (unpaired) electrons. The molecule has 0 spiro atoms. The van der Waals surface area contributed by atoms with E-state index >= 15 is 0 Å². The molecule has 0 fully saturated rings. The highest BCUT2D eigenvalue weighted by molar-refractivity contribution is 5.95. The first-order valence-corrected chi connectivity index (χ1v) is 9.24. The molecule has 8 heteroatoms. The summed E-state index contributed by atoms with van der Waals surface area (Å²) in [7, 11) is 1.53. The first-order valence-electron chi connectivity index (χ1n) is 9.24. The van der Waals surface area contributed by atoms with Crippen LogP contribution in [0.1, 0.15) is 19.4 Å². The molecule has 0 bridgehead atoms. The van der Waals surface area contributed by atoms with Crippen molar-refractivity contribution < 1.29 is 28.6 Å². The van der Waals surface area contributed by atoms with E-state index in [1.54, 1.807) is 48.5 Å². The third-order valence-electron chi connectivity index (χ3n) is 3.71. The second-order valence-electron chi connectivity index (χ2n) is 6.09. The molecule has 0 aromatic heterocycles. The molecular weight excluding hydrogens is 388 g/mol. The molecule has 2 rings (SSSR count). The number of carbonyl (C=O) groups excluding carboxylic acids is 3. The standard InChI is InChI=1S/C22H24N2O6/c1-4-29-19-10-8-16(12-20(19)28-3)9-11-22(27)30-14-21(26)24-18-7-5-6-17(13-18)23-15(2)25/h5-13H,4,14H2,1-3H3,(H,23,25)(H,24,26)/b11-9+. The van der Waals surface area contributed by atoms with Crippen molar-refractivity contribution in [2.45, 2.75) is 13.8 Å². The molecule has 0 saturated carbocycles. The number of ether oxygens (including phenoxy) is 3. The van der Waals surface area contributed by atoms with Gasteiger partial charge in [0.25, 0.3) is 5.91 Å². The molecule has 158 valence electrons. The molecule has 0 aliphatic heterocycles. The number of esters is 1. The van der Waals surface area contributed by atoms with Crippen LogP contribution in [-0.4, -0.2) is 38.1 Å². The van der Waals surface area contributed by atoms with E-state index < -0.39 is 18.5 Å². The van der Waals surface area contributed by atoms with Crippen LogP contribution >= 0.6 is 0 Å². The number of nitrogens with one attached hydrogen (secondary N) is 2. The molecular formula is C22H24N2O6. The van der Waals surface area contributed by atoms with Crippen molar-refractivity contribution in [1.82, 2.24) is 0 Å². The summed E-state index contributed by atoms with van der Waals surface area (Å²) in [5, 5.41) is 5.21. The first kappa shape index (κ1) is 22.5. The van der Waals surface area contributed by atoms with Gasteiger partial charge in [0.2, 0.25) is 5.91 Å². The van der Waals surface area contributed by atoms with E-state index in [1.165, 1.54) is 20.1 Å². The summed E-state index contributed by atoms with van der Waals surface area (Å²) in [5.74, 6) is -0.221. The molecule has 30 heavy (non-hydrogen) atoms. The van der Waals surface area contributed by atoms with Gasteiger partial charge in [-0.2, -0.15) is 0 Å². The summed E-state index contributed by atoms with van der Waals surface area (Å²) in [4.78, 5) is 35.0. The number of hydrogen-bond donors (Lipinski definition) is 2. The van der Waals surface area contributed by atoms with E-state index in [2.05, 4.69) is 10.6 Å². The molecule has 0 saturated heterocycles. The van der Waals surface area contributed by atoms with Crippen LogP contribution in [0.3, 0.4) is 0 Å². The minimum absolute atomic E-state index is 0.218. The largest absolute Gasteiger partial charge is 0.493 e. The topological polar surface area (TPSA) is 103 Å². The Kier molecular flexibility index (Phi) is 8.43. The van der Waals surface area contributed by atoms with Crippen molar-refractivity contribution in [3.8, 4) is 11.5 Å². The second-order valence-corrected chi connectivity index (χ2v) is 6.09. The third kappa shape index (κ3) is 7.31.